The minimum Gasteiger partial charge on any atom is -0.289 e. The van der Waals surface area contributed by atoms with E-state index in [1.807, 2.05) is 0 Å². The fourth-order valence-corrected chi connectivity index (χ4v) is 10.7. The molecule has 4 nitrogen and oxygen atoms in total. The molecule has 0 N–H and O–H groups in total. The van der Waals surface area contributed by atoms with Crippen LogP contribution in [0.25, 0.3) is 0 Å². The second-order valence-electron chi connectivity index (χ2n) is 22.8. The first kappa shape index (κ1) is 40.8. The van der Waals surface area contributed by atoms with Gasteiger partial charge in [-0.3, -0.25) is 19.2 Å². The molecule has 0 heterocycles. The van der Waals surface area contributed by atoms with E-state index in [0.717, 1.165) is 122 Å². The lowest BCUT2D eigenvalue weighted by atomic mass is 9.73. The van der Waals surface area contributed by atoms with E-state index in [2.05, 4.69) is 111 Å². The van der Waals surface area contributed by atoms with Crippen molar-refractivity contribution >= 4 is 0 Å². The molecule has 0 radical (unpaired) electrons. The average Bonchev–Trinajstić information content (AvgIpc) is 3.80. The fourth-order valence-electron chi connectivity index (χ4n) is 10.7. The smallest absolute Gasteiger partial charge is 0.186 e. The minimum absolute atomic E-state index is 0.0477. The van der Waals surface area contributed by atoms with Crippen molar-refractivity contribution in [2.75, 3.05) is 0 Å². The topological polar surface area (TPSA) is 68.3 Å². The van der Waals surface area contributed by atoms with Gasteiger partial charge in [0.1, 0.15) is 0 Å². The second-order valence-corrected chi connectivity index (χ2v) is 22.8. The predicted molar refractivity (Wildman–Crippen MR) is 220 cm³/mol. The van der Waals surface area contributed by atoms with Crippen molar-refractivity contribution in [1.29, 1.82) is 0 Å². The molecule has 0 aliphatic heterocycles. The highest BCUT2D eigenvalue weighted by Crippen LogP contribution is 2.48. The highest BCUT2D eigenvalue weighted by Gasteiger charge is 2.48. The standard InChI is InChI=1S/2C24H36O2/c2*1-21(2)11-9-12-23(5,6)17-18(20(17)26)24(7,8)14-10-13-22(3,4)16-15(21)19(16)25/h2*9-14H2,1-8H3. The summed E-state index contributed by atoms with van der Waals surface area (Å²) in [6.45, 7) is 35.5. The Labute approximate surface area is 315 Å². The van der Waals surface area contributed by atoms with Crippen LogP contribution in [0.5, 0.6) is 0 Å². The van der Waals surface area contributed by atoms with Crippen molar-refractivity contribution in [1.82, 2.24) is 0 Å². The van der Waals surface area contributed by atoms with Crippen LogP contribution in [0.1, 0.15) is 232 Å². The van der Waals surface area contributed by atoms with Crippen molar-refractivity contribution in [3.05, 3.63) is 85.4 Å². The third-order valence-corrected chi connectivity index (χ3v) is 14.4. The van der Waals surface area contributed by atoms with Crippen LogP contribution in [-0.4, -0.2) is 0 Å². The highest BCUT2D eigenvalue weighted by atomic mass is 16.1. The number of fused-ring (bicyclic) bond motifs is 4. The first-order chi connectivity index (χ1) is 23.4. The van der Waals surface area contributed by atoms with Crippen molar-refractivity contribution in [3.63, 3.8) is 0 Å². The Balaban J connectivity index is 0.000000201. The molecule has 0 spiro atoms. The summed E-state index contributed by atoms with van der Waals surface area (Å²) in [5.74, 6) is 0. The van der Waals surface area contributed by atoms with E-state index in [1.165, 1.54) is 0 Å². The zero-order valence-electron chi connectivity index (χ0n) is 36.1. The molecule has 0 aromatic heterocycles. The summed E-state index contributed by atoms with van der Waals surface area (Å²) in [4.78, 5) is 50.5. The Morgan fingerprint density at radius 3 is 0.423 bits per heavy atom. The SMILES string of the molecule is CC1(C)CCCC(C)(C)c2c(c2=O)C(C)(C)CCCC(C)(C)c2c1c2=O.CC1(C)CCCC(C)(C)c2c(c2=O)C(C)(C)CCCC(C)(C)c2c1c2=O. The predicted octanol–water partition coefficient (Wildman–Crippen LogP) is 10.6. The summed E-state index contributed by atoms with van der Waals surface area (Å²) in [6.07, 6.45) is 12.3. The second kappa shape index (κ2) is 12.6. The van der Waals surface area contributed by atoms with Gasteiger partial charge in [-0.25, -0.2) is 0 Å². The van der Waals surface area contributed by atoms with Crippen LogP contribution in [0.15, 0.2) is 19.2 Å². The molecule has 52 heavy (non-hydrogen) atoms. The number of hydrogen-bond donors (Lipinski definition) is 0. The first-order valence-electron chi connectivity index (χ1n) is 20.6. The summed E-state index contributed by atoms with van der Waals surface area (Å²) < 4.78 is 0. The minimum atomic E-state index is -0.0477. The van der Waals surface area contributed by atoms with E-state index in [1.54, 1.807) is 0 Å². The number of hydrogen-bond acceptors (Lipinski definition) is 4. The molecule has 0 fully saturated rings. The van der Waals surface area contributed by atoms with Crippen molar-refractivity contribution in [2.45, 2.75) is 231 Å². The van der Waals surface area contributed by atoms with Crippen molar-refractivity contribution in [3.8, 4) is 0 Å². The largest absolute Gasteiger partial charge is 0.289 e. The summed E-state index contributed by atoms with van der Waals surface area (Å²) in [5, 5.41) is 0. The molecule has 6 rings (SSSR count). The fraction of sp³-hybridized carbons (Fsp3) is 0.750. The quantitative estimate of drug-likeness (QED) is 0.182. The maximum absolute atomic E-state index is 12.6. The Morgan fingerprint density at radius 1 is 0.231 bits per heavy atom. The Bertz CT molecular complexity index is 1560. The van der Waals surface area contributed by atoms with Gasteiger partial charge >= 0.3 is 0 Å². The molecule has 4 aromatic rings. The van der Waals surface area contributed by atoms with Gasteiger partial charge in [-0.1, -0.05) is 136 Å². The highest BCUT2D eigenvalue weighted by molar-refractivity contribution is 5.53. The third kappa shape index (κ3) is 7.49. The van der Waals surface area contributed by atoms with Crippen molar-refractivity contribution in [2.24, 2.45) is 0 Å². The molecule has 0 saturated heterocycles. The monoisotopic (exact) mass is 713 g/mol. The van der Waals surface area contributed by atoms with Gasteiger partial charge in [0.25, 0.3) is 0 Å². The molecule has 2 aliphatic carbocycles. The van der Waals surface area contributed by atoms with E-state index in [-0.39, 0.29) is 43.3 Å². The van der Waals surface area contributed by atoms with Crippen LogP contribution in [0.3, 0.4) is 0 Å². The molecule has 0 saturated carbocycles. The van der Waals surface area contributed by atoms with E-state index in [0.29, 0.717) is 21.7 Å². The summed E-state index contributed by atoms with van der Waals surface area (Å²) in [7, 11) is 0. The van der Waals surface area contributed by atoms with Gasteiger partial charge in [-0.15, -0.1) is 0 Å². The maximum Gasteiger partial charge on any atom is 0.186 e. The van der Waals surface area contributed by atoms with E-state index < -0.39 is 0 Å². The normalized spacial score (nSPS) is 25.5. The van der Waals surface area contributed by atoms with Gasteiger partial charge in [-0.05, 0) is 94.7 Å². The van der Waals surface area contributed by atoms with Crippen LogP contribution in [0, 0.1) is 0 Å². The average molecular weight is 713 g/mol. The summed E-state index contributed by atoms with van der Waals surface area (Å²) in [6, 6.07) is 0. The van der Waals surface area contributed by atoms with Gasteiger partial charge in [-0.2, -0.15) is 0 Å². The van der Waals surface area contributed by atoms with Gasteiger partial charge < -0.3 is 0 Å². The van der Waals surface area contributed by atoms with Crippen LogP contribution in [-0.2, 0) is 43.3 Å². The molecule has 4 heteroatoms. The van der Waals surface area contributed by atoms with Gasteiger partial charge in [0.15, 0.2) is 21.7 Å². The molecule has 0 atom stereocenters. The van der Waals surface area contributed by atoms with Gasteiger partial charge in [0.2, 0.25) is 0 Å². The summed E-state index contributed by atoms with van der Waals surface area (Å²) >= 11 is 0. The van der Waals surface area contributed by atoms with Crippen LogP contribution >= 0.6 is 0 Å². The molecule has 2 aliphatic rings. The maximum atomic E-state index is 12.6. The zero-order valence-corrected chi connectivity index (χ0v) is 36.1. The lowest BCUT2D eigenvalue weighted by Crippen LogP contribution is -2.23. The van der Waals surface area contributed by atoms with Crippen LogP contribution < -0.4 is 21.7 Å². The molecule has 0 bridgehead atoms. The molecular formula is C48H72O4. The van der Waals surface area contributed by atoms with E-state index in [4.69, 9.17) is 0 Å². The first-order valence-corrected chi connectivity index (χ1v) is 20.6. The Kier molecular flexibility index (Phi) is 9.88. The molecule has 0 amide bonds. The molecule has 0 unspecified atom stereocenters. The lowest BCUT2D eigenvalue weighted by Gasteiger charge is -2.30. The van der Waals surface area contributed by atoms with E-state index in [9.17, 15) is 19.2 Å². The Morgan fingerprint density at radius 2 is 0.327 bits per heavy atom. The van der Waals surface area contributed by atoms with E-state index >= 15 is 0 Å². The molecule has 4 aromatic carbocycles. The summed E-state index contributed by atoms with van der Waals surface area (Å²) in [5.41, 5.74) is 9.70. The van der Waals surface area contributed by atoms with Crippen LogP contribution in [0.2, 0.25) is 0 Å². The lowest BCUT2D eigenvalue weighted by molar-refractivity contribution is 0.372. The molecule has 288 valence electrons. The van der Waals surface area contributed by atoms with Gasteiger partial charge in [0, 0.05) is 44.5 Å². The number of rotatable bonds is 0. The van der Waals surface area contributed by atoms with Gasteiger partial charge in [0.05, 0.1) is 0 Å². The zero-order chi connectivity index (χ0) is 39.4. The van der Waals surface area contributed by atoms with Crippen molar-refractivity contribution < 1.29 is 0 Å². The third-order valence-electron chi connectivity index (χ3n) is 14.4. The van der Waals surface area contributed by atoms with Crippen LogP contribution in [0.4, 0.5) is 0 Å². The Hall–Kier alpha value is -2.36. The molecular weight excluding hydrogens is 641 g/mol.